The third kappa shape index (κ3) is 8.37. The highest BCUT2D eigenvalue weighted by atomic mass is 16.5. The summed E-state index contributed by atoms with van der Waals surface area (Å²) in [6.45, 7) is 4.68. The van der Waals surface area contributed by atoms with Crippen molar-refractivity contribution in [3.8, 4) is 5.75 Å². The first-order valence-electron chi connectivity index (χ1n) is 9.68. The summed E-state index contributed by atoms with van der Waals surface area (Å²) in [7, 11) is 0. The molecule has 0 bridgehead atoms. The van der Waals surface area contributed by atoms with Gasteiger partial charge in [-0.15, -0.1) is 0 Å². The Bertz CT molecular complexity index is 468. The highest BCUT2D eigenvalue weighted by Crippen LogP contribution is 2.19. The third-order valence-electron chi connectivity index (χ3n) is 4.43. The summed E-state index contributed by atoms with van der Waals surface area (Å²) >= 11 is 0. The van der Waals surface area contributed by atoms with Crippen LogP contribution in [0.1, 0.15) is 94.0 Å². The molecule has 0 saturated heterocycles. The molecule has 1 N–H and O–H groups in total. The number of carbonyl (C=O) groups excluding carboxylic acids is 1. The Hall–Kier alpha value is -1.51. The van der Waals surface area contributed by atoms with E-state index in [0.717, 1.165) is 18.4 Å². The van der Waals surface area contributed by atoms with Crippen molar-refractivity contribution in [2.45, 2.75) is 84.5 Å². The Labute approximate surface area is 147 Å². The lowest BCUT2D eigenvalue weighted by atomic mass is 10.1. The molecule has 1 rings (SSSR count). The standard InChI is InChI=1S/C21H34O3/c1-3-5-6-7-8-9-10-11-12-13-16-24-21(23)19-14-15-20(22)18(4-2)17-19/h14-15,17,22H,3-13,16H2,1-2H3. The molecule has 0 amide bonds. The fourth-order valence-electron chi connectivity index (χ4n) is 2.83. The first-order valence-corrected chi connectivity index (χ1v) is 9.68. The van der Waals surface area contributed by atoms with Gasteiger partial charge in [0.2, 0.25) is 0 Å². The van der Waals surface area contributed by atoms with Crippen molar-refractivity contribution in [3.05, 3.63) is 29.3 Å². The van der Waals surface area contributed by atoms with Crippen molar-refractivity contribution in [1.82, 2.24) is 0 Å². The van der Waals surface area contributed by atoms with Gasteiger partial charge in [0.15, 0.2) is 0 Å². The summed E-state index contributed by atoms with van der Waals surface area (Å²) in [5.74, 6) is -0.0515. The predicted molar refractivity (Wildman–Crippen MR) is 99.6 cm³/mol. The quantitative estimate of drug-likeness (QED) is 0.354. The molecule has 0 heterocycles. The fourth-order valence-corrected chi connectivity index (χ4v) is 2.83. The number of ether oxygens (including phenoxy) is 1. The number of carbonyl (C=O) groups is 1. The van der Waals surface area contributed by atoms with E-state index in [4.69, 9.17) is 4.74 Å². The van der Waals surface area contributed by atoms with E-state index in [1.54, 1.807) is 18.2 Å². The molecule has 0 unspecified atom stereocenters. The molecule has 0 aromatic heterocycles. The zero-order valence-corrected chi connectivity index (χ0v) is 15.5. The van der Waals surface area contributed by atoms with E-state index in [1.807, 2.05) is 6.92 Å². The number of unbranched alkanes of at least 4 members (excludes halogenated alkanes) is 9. The van der Waals surface area contributed by atoms with Gasteiger partial charge in [-0.2, -0.15) is 0 Å². The molecule has 0 saturated carbocycles. The third-order valence-corrected chi connectivity index (χ3v) is 4.43. The second-order valence-corrected chi connectivity index (χ2v) is 6.51. The van der Waals surface area contributed by atoms with Crippen LogP contribution in [0.2, 0.25) is 0 Å². The van der Waals surface area contributed by atoms with Crippen molar-refractivity contribution >= 4 is 5.97 Å². The van der Waals surface area contributed by atoms with Crippen molar-refractivity contribution in [3.63, 3.8) is 0 Å². The molecule has 0 atom stereocenters. The molecule has 24 heavy (non-hydrogen) atoms. The number of hydrogen-bond acceptors (Lipinski definition) is 3. The Kier molecular flexibility index (Phi) is 11.0. The summed E-state index contributed by atoms with van der Waals surface area (Å²) in [4.78, 5) is 12.0. The highest BCUT2D eigenvalue weighted by molar-refractivity contribution is 5.89. The largest absolute Gasteiger partial charge is 0.508 e. The summed E-state index contributed by atoms with van der Waals surface area (Å²) in [6.07, 6.45) is 13.4. The normalized spacial score (nSPS) is 10.8. The van der Waals surface area contributed by atoms with Crippen molar-refractivity contribution in [2.24, 2.45) is 0 Å². The van der Waals surface area contributed by atoms with Crippen molar-refractivity contribution in [2.75, 3.05) is 6.61 Å². The molecule has 3 heteroatoms. The molecule has 0 radical (unpaired) electrons. The lowest BCUT2D eigenvalue weighted by molar-refractivity contribution is 0.0497. The number of phenolic OH excluding ortho intramolecular Hbond substituents is 1. The fraction of sp³-hybridized carbons (Fsp3) is 0.667. The Balaban J connectivity index is 2.06. The second-order valence-electron chi connectivity index (χ2n) is 6.51. The van der Waals surface area contributed by atoms with Gasteiger partial charge in [-0.1, -0.05) is 71.6 Å². The van der Waals surface area contributed by atoms with Crippen LogP contribution in [0.15, 0.2) is 18.2 Å². The number of rotatable bonds is 13. The predicted octanol–water partition coefficient (Wildman–Crippen LogP) is 6.03. The molecule has 136 valence electrons. The van der Waals surface area contributed by atoms with Crippen LogP contribution in [0.3, 0.4) is 0 Å². The van der Waals surface area contributed by atoms with Crippen LogP contribution in [0.25, 0.3) is 0 Å². The monoisotopic (exact) mass is 334 g/mol. The maximum absolute atomic E-state index is 12.0. The molecule has 3 nitrogen and oxygen atoms in total. The van der Waals surface area contributed by atoms with Crippen LogP contribution in [0, 0.1) is 0 Å². The number of esters is 1. The van der Waals surface area contributed by atoms with Gasteiger partial charge < -0.3 is 9.84 Å². The van der Waals surface area contributed by atoms with Gasteiger partial charge in [-0.05, 0) is 36.6 Å². The van der Waals surface area contributed by atoms with E-state index in [9.17, 15) is 9.90 Å². The van der Waals surface area contributed by atoms with Crippen molar-refractivity contribution in [1.29, 1.82) is 0 Å². The van der Waals surface area contributed by atoms with E-state index < -0.39 is 0 Å². The van der Waals surface area contributed by atoms with Crippen molar-refractivity contribution < 1.29 is 14.6 Å². The van der Waals surface area contributed by atoms with E-state index in [0.29, 0.717) is 18.6 Å². The molecule has 1 aromatic carbocycles. The average molecular weight is 335 g/mol. The summed E-state index contributed by atoms with van der Waals surface area (Å²) < 4.78 is 5.32. The SMILES string of the molecule is CCCCCCCCCCCCOC(=O)c1ccc(O)c(CC)c1. The number of phenols is 1. The summed E-state index contributed by atoms with van der Waals surface area (Å²) in [5.41, 5.74) is 1.31. The summed E-state index contributed by atoms with van der Waals surface area (Å²) in [6, 6.07) is 4.90. The van der Waals surface area contributed by atoms with Gasteiger partial charge >= 0.3 is 5.97 Å². The van der Waals surface area contributed by atoms with Crippen LogP contribution in [-0.4, -0.2) is 17.7 Å². The first-order chi connectivity index (χ1) is 11.7. The van der Waals surface area contributed by atoms with Gasteiger partial charge in [-0.3, -0.25) is 0 Å². The van der Waals surface area contributed by atoms with Gasteiger partial charge in [0.1, 0.15) is 5.75 Å². The maximum Gasteiger partial charge on any atom is 0.338 e. The van der Waals surface area contributed by atoms with Crippen LogP contribution in [-0.2, 0) is 11.2 Å². The Morgan fingerprint density at radius 2 is 1.50 bits per heavy atom. The van der Waals surface area contributed by atoms with Crippen LogP contribution in [0.4, 0.5) is 0 Å². The zero-order chi connectivity index (χ0) is 17.6. The lowest BCUT2D eigenvalue weighted by Gasteiger charge is -2.07. The number of benzene rings is 1. The van der Waals surface area contributed by atoms with Crippen LogP contribution in [0.5, 0.6) is 5.75 Å². The smallest absolute Gasteiger partial charge is 0.338 e. The molecular weight excluding hydrogens is 300 g/mol. The molecule has 0 spiro atoms. The van der Waals surface area contributed by atoms with Gasteiger partial charge in [0, 0.05) is 0 Å². The lowest BCUT2D eigenvalue weighted by Crippen LogP contribution is -2.07. The van der Waals surface area contributed by atoms with Gasteiger partial charge in [0.25, 0.3) is 0 Å². The molecule has 1 aromatic rings. The van der Waals surface area contributed by atoms with Gasteiger partial charge in [-0.25, -0.2) is 4.79 Å². The average Bonchev–Trinajstić information content (AvgIpc) is 2.59. The molecule has 0 aliphatic carbocycles. The first kappa shape index (κ1) is 20.5. The number of aromatic hydroxyl groups is 1. The Morgan fingerprint density at radius 3 is 2.08 bits per heavy atom. The molecule has 0 aliphatic rings. The van der Waals surface area contributed by atoms with Gasteiger partial charge in [0.05, 0.1) is 12.2 Å². The molecular formula is C21H34O3. The number of aryl methyl sites for hydroxylation is 1. The maximum atomic E-state index is 12.0. The second kappa shape index (κ2) is 12.9. The molecule has 0 aliphatic heterocycles. The topological polar surface area (TPSA) is 46.5 Å². The van der Waals surface area contributed by atoms with Crippen LogP contribution >= 0.6 is 0 Å². The Morgan fingerprint density at radius 1 is 0.917 bits per heavy atom. The zero-order valence-electron chi connectivity index (χ0n) is 15.5. The van der Waals surface area contributed by atoms with E-state index in [2.05, 4.69) is 6.92 Å². The van der Waals surface area contributed by atoms with E-state index in [1.165, 1.54) is 51.4 Å². The minimum Gasteiger partial charge on any atom is -0.508 e. The highest BCUT2D eigenvalue weighted by Gasteiger charge is 2.09. The molecule has 0 fully saturated rings. The summed E-state index contributed by atoms with van der Waals surface area (Å²) in [5, 5.41) is 9.64. The van der Waals surface area contributed by atoms with Crippen LogP contribution < -0.4 is 0 Å². The number of hydrogen-bond donors (Lipinski definition) is 1. The minimum atomic E-state index is -0.291. The van der Waals surface area contributed by atoms with E-state index >= 15 is 0 Å². The minimum absolute atomic E-state index is 0.240. The van der Waals surface area contributed by atoms with E-state index in [-0.39, 0.29) is 11.7 Å².